The van der Waals surface area contributed by atoms with Crippen LogP contribution < -0.4 is 5.32 Å². The lowest BCUT2D eigenvalue weighted by molar-refractivity contribution is 0.788. The highest BCUT2D eigenvalue weighted by atomic mass is 32.2. The van der Waals surface area contributed by atoms with Crippen LogP contribution in [0, 0.1) is 0 Å². The summed E-state index contributed by atoms with van der Waals surface area (Å²) in [6.07, 6.45) is 6.32. The maximum absolute atomic E-state index is 4.36. The summed E-state index contributed by atoms with van der Waals surface area (Å²) < 4.78 is 1.88. The Bertz CT molecular complexity index is 481. The van der Waals surface area contributed by atoms with E-state index in [1.165, 1.54) is 0 Å². The van der Waals surface area contributed by atoms with Crippen LogP contribution in [-0.4, -0.2) is 31.3 Å². The number of aromatic nitrogens is 5. The molecule has 6 nitrogen and oxygen atoms in total. The Kier molecular flexibility index (Phi) is 4.52. The average Bonchev–Trinajstić information content (AvgIpc) is 2.81. The first-order valence-electron chi connectivity index (χ1n) is 5.81. The molecule has 2 aromatic rings. The molecule has 0 unspecified atom stereocenters. The normalized spacial score (nSPS) is 10.6. The van der Waals surface area contributed by atoms with Crippen molar-refractivity contribution in [3.63, 3.8) is 0 Å². The largest absolute Gasteiger partial charge is 0.369 e. The number of hydrogen-bond donors (Lipinski definition) is 1. The molecule has 2 aromatic heterocycles. The van der Waals surface area contributed by atoms with Crippen molar-refractivity contribution in [2.24, 2.45) is 7.05 Å². The van der Waals surface area contributed by atoms with Crippen molar-refractivity contribution >= 4 is 17.6 Å². The summed E-state index contributed by atoms with van der Waals surface area (Å²) in [5.74, 6) is 1.57. The highest BCUT2D eigenvalue weighted by molar-refractivity contribution is 7.98. The molecule has 0 amide bonds. The number of nitrogens with one attached hydrogen (secondary N) is 1. The van der Waals surface area contributed by atoms with Gasteiger partial charge in [0.05, 0.1) is 18.1 Å². The van der Waals surface area contributed by atoms with Gasteiger partial charge in [-0.05, 0) is 6.42 Å². The lowest BCUT2D eigenvalue weighted by Gasteiger charge is -2.04. The maximum Gasteiger partial charge on any atom is 0.191 e. The zero-order valence-electron chi connectivity index (χ0n) is 10.5. The molecule has 0 fully saturated rings. The van der Waals surface area contributed by atoms with Crippen LogP contribution >= 0.6 is 11.8 Å². The van der Waals surface area contributed by atoms with E-state index in [1.807, 2.05) is 11.6 Å². The number of anilines is 1. The van der Waals surface area contributed by atoms with Crippen LogP contribution in [0.5, 0.6) is 0 Å². The predicted molar refractivity (Wildman–Crippen MR) is 71.4 cm³/mol. The van der Waals surface area contributed by atoms with Gasteiger partial charge in [-0.2, -0.15) is 0 Å². The molecule has 0 aliphatic carbocycles. The molecule has 96 valence electrons. The Morgan fingerprint density at radius 1 is 1.33 bits per heavy atom. The van der Waals surface area contributed by atoms with E-state index < -0.39 is 0 Å². The first-order chi connectivity index (χ1) is 8.79. The molecule has 0 radical (unpaired) electrons. The van der Waals surface area contributed by atoms with E-state index in [1.54, 1.807) is 30.5 Å². The summed E-state index contributed by atoms with van der Waals surface area (Å²) in [6, 6.07) is 0. The molecule has 18 heavy (non-hydrogen) atoms. The number of aryl methyl sites for hydroxylation is 1. The molecule has 7 heteroatoms. The van der Waals surface area contributed by atoms with Gasteiger partial charge in [0.15, 0.2) is 5.16 Å². The van der Waals surface area contributed by atoms with Gasteiger partial charge in [0.2, 0.25) is 0 Å². The fourth-order valence-corrected chi connectivity index (χ4v) is 2.10. The summed E-state index contributed by atoms with van der Waals surface area (Å²) >= 11 is 1.60. The average molecular weight is 264 g/mol. The summed E-state index contributed by atoms with van der Waals surface area (Å²) in [6.45, 7) is 3.04. The minimum absolute atomic E-state index is 0.744. The summed E-state index contributed by atoms with van der Waals surface area (Å²) in [7, 11) is 1.92. The van der Waals surface area contributed by atoms with E-state index in [9.17, 15) is 0 Å². The second-order valence-electron chi connectivity index (χ2n) is 3.83. The maximum atomic E-state index is 4.36. The summed E-state index contributed by atoms with van der Waals surface area (Å²) in [5, 5.41) is 11.9. The highest BCUT2D eigenvalue weighted by Crippen LogP contribution is 2.18. The number of hydrogen-bond acceptors (Lipinski definition) is 6. The Morgan fingerprint density at radius 2 is 2.22 bits per heavy atom. The molecule has 0 aliphatic rings. The topological polar surface area (TPSA) is 68.5 Å². The fourth-order valence-electron chi connectivity index (χ4n) is 1.32. The second kappa shape index (κ2) is 6.34. The van der Waals surface area contributed by atoms with E-state index in [0.717, 1.165) is 35.4 Å². The first kappa shape index (κ1) is 12.8. The second-order valence-corrected chi connectivity index (χ2v) is 4.78. The Labute approximate surface area is 110 Å². The van der Waals surface area contributed by atoms with E-state index in [-0.39, 0.29) is 0 Å². The molecule has 2 rings (SSSR count). The van der Waals surface area contributed by atoms with Gasteiger partial charge in [0.1, 0.15) is 12.1 Å². The zero-order valence-corrected chi connectivity index (χ0v) is 11.3. The van der Waals surface area contributed by atoms with Crippen molar-refractivity contribution < 1.29 is 0 Å². The summed E-state index contributed by atoms with van der Waals surface area (Å²) in [5.41, 5.74) is 0.935. The van der Waals surface area contributed by atoms with Gasteiger partial charge in [-0.25, -0.2) is 4.98 Å². The van der Waals surface area contributed by atoms with Gasteiger partial charge < -0.3 is 9.88 Å². The fraction of sp³-hybridized carbons (Fsp3) is 0.455. The Hall–Kier alpha value is -1.63. The highest BCUT2D eigenvalue weighted by Gasteiger charge is 2.03. The molecule has 0 atom stereocenters. The van der Waals surface area contributed by atoms with Crippen LogP contribution in [0.4, 0.5) is 5.82 Å². The third kappa shape index (κ3) is 3.43. The van der Waals surface area contributed by atoms with Crippen LogP contribution in [0.1, 0.15) is 19.0 Å². The van der Waals surface area contributed by atoms with Crippen molar-refractivity contribution in [1.29, 1.82) is 0 Å². The van der Waals surface area contributed by atoms with Gasteiger partial charge in [0.25, 0.3) is 0 Å². The van der Waals surface area contributed by atoms with Gasteiger partial charge in [0, 0.05) is 19.3 Å². The molecule has 0 saturated carbocycles. The van der Waals surface area contributed by atoms with Crippen LogP contribution in [0.3, 0.4) is 0 Å². The van der Waals surface area contributed by atoms with Gasteiger partial charge in [-0.3, -0.25) is 4.98 Å². The molecule has 0 saturated heterocycles. The van der Waals surface area contributed by atoms with Crippen molar-refractivity contribution in [2.75, 3.05) is 11.9 Å². The van der Waals surface area contributed by atoms with Gasteiger partial charge >= 0.3 is 0 Å². The molecule has 0 spiro atoms. The van der Waals surface area contributed by atoms with Gasteiger partial charge in [-0.1, -0.05) is 18.7 Å². The Balaban J connectivity index is 1.88. The summed E-state index contributed by atoms with van der Waals surface area (Å²) in [4.78, 5) is 8.67. The Morgan fingerprint density at radius 3 is 2.83 bits per heavy atom. The van der Waals surface area contributed by atoms with Gasteiger partial charge in [-0.15, -0.1) is 10.2 Å². The van der Waals surface area contributed by atoms with E-state index >= 15 is 0 Å². The minimum atomic E-state index is 0.744. The molecule has 0 bridgehead atoms. The quantitative estimate of drug-likeness (QED) is 0.801. The van der Waals surface area contributed by atoms with Crippen molar-refractivity contribution in [1.82, 2.24) is 24.7 Å². The first-order valence-corrected chi connectivity index (χ1v) is 6.79. The number of nitrogens with zero attached hydrogens (tertiary/aromatic N) is 5. The standard InChI is InChI=1S/C11H16N6S/c1-3-4-12-10-6-13-9(5-14-10)7-18-11-16-15-8-17(11)2/h5-6,8H,3-4,7H2,1-2H3,(H,12,14). The predicted octanol–water partition coefficient (Wildman–Crippen LogP) is 1.72. The van der Waals surface area contributed by atoms with Crippen molar-refractivity contribution in [3.8, 4) is 0 Å². The van der Waals surface area contributed by atoms with Crippen LogP contribution in [-0.2, 0) is 12.8 Å². The third-order valence-electron chi connectivity index (χ3n) is 2.28. The van der Waals surface area contributed by atoms with E-state index in [4.69, 9.17) is 0 Å². The molecular formula is C11H16N6S. The molecular weight excluding hydrogens is 248 g/mol. The van der Waals surface area contributed by atoms with E-state index in [2.05, 4.69) is 32.4 Å². The lowest BCUT2D eigenvalue weighted by Crippen LogP contribution is -2.03. The SMILES string of the molecule is CCCNc1cnc(CSc2nncn2C)cn1. The third-order valence-corrected chi connectivity index (χ3v) is 3.35. The molecule has 0 aromatic carbocycles. The van der Waals surface area contributed by atoms with Crippen molar-refractivity contribution in [3.05, 3.63) is 24.4 Å². The van der Waals surface area contributed by atoms with Crippen molar-refractivity contribution in [2.45, 2.75) is 24.3 Å². The monoisotopic (exact) mass is 264 g/mol. The zero-order chi connectivity index (χ0) is 12.8. The lowest BCUT2D eigenvalue weighted by atomic mass is 10.4. The molecule has 0 aliphatic heterocycles. The van der Waals surface area contributed by atoms with E-state index in [0.29, 0.717) is 0 Å². The molecule has 1 N–H and O–H groups in total. The van der Waals surface area contributed by atoms with Crippen LogP contribution in [0.2, 0.25) is 0 Å². The molecule has 2 heterocycles. The smallest absolute Gasteiger partial charge is 0.191 e. The number of rotatable bonds is 6. The number of thioether (sulfide) groups is 1. The van der Waals surface area contributed by atoms with Crippen LogP contribution in [0.25, 0.3) is 0 Å². The van der Waals surface area contributed by atoms with Crippen LogP contribution in [0.15, 0.2) is 23.9 Å². The minimum Gasteiger partial charge on any atom is -0.369 e.